The number of benzene rings is 1. The highest BCUT2D eigenvalue weighted by molar-refractivity contribution is 5.24. The van der Waals surface area contributed by atoms with E-state index in [9.17, 15) is 9.18 Å². The van der Waals surface area contributed by atoms with Crippen LogP contribution in [0.15, 0.2) is 35.3 Å². The summed E-state index contributed by atoms with van der Waals surface area (Å²) < 4.78 is 15.1. The van der Waals surface area contributed by atoms with Crippen LogP contribution in [0.3, 0.4) is 0 Å². The van der Waals surface area contributed by atoms with Crippen LogP contribution in [-0.4, -0.2) is 9.55 Å². The molecule has 1 aromatic heterocycles. The second-order valence-electron chi connectivity index (χ2n) is 4.11. The van der Waals surface area contributed by atoms with E-state index in [2.05, 4.69) is 4.98 Å². The van der Waals surface area contributed by atoms with Gasteiger partial charge in [0.1, 0.15) is 5.82 Å². The molecular formula is C13H14FN3O. The van der Waals surface area contributed by atoms with Crippen molar-refractivity contribution in [3.05, 3.63) is 63.6 Å². The number of halogens is 1. The molecule has 2 N–H and O–H groups in total. The van der Waals surface area contributed by atoms with Gasteiger partial charge in [-0.3, -0.25) is 4.57 Å². The standard InChI is InChI=1S/C13H14FN3O/c1-9-4-5-17(13(18)16-9)8-11-3-2-10(7-15)6-12(11)14/h2-6H,7-8,15H2,1H3. The third kappa shape index (κ3) is 2.62. The molecule has 4 nitrogen and oxygen atoms in total. The van der Waals surface area contributed by atoms with Crippen LogP contribution < -0.4 is 11.4 Å². The number of rotatable bonds is 3. The van der Waals surface area contributed by atoms with Gasteiger partial charge in [0.2, 0.25) is 0 Å². The molecule has 0 aliphatic heterocycles. The molecule has 0 bridgehead atoms. The molecule has 1 aromatic carbocycles. The summed E-state index contributed by atoms with van der Waals surface area (Å²) >= 11 is 0. The molecule has 0 unspecified atom stereocenters. The second-order valence-corrected chi connectivity index (χ2v) is 4.11. The van der Waals surface area contributed by atoms with Crippen LogP contribution in [0.5, 0.6) is 0 Å². The fourth-order valence-electron chi connectivity index (χ4n) is 1.66. The van der Waals surface area contributed by atoms with E-state index in [-0.39, 0.29) is 18.1 Å². The molecule has 0 fully saturated rings. The van der Waals surface area contributed by atoms with Gasteiger partial charge in [-0.25, -0.2) is 9.18 Å². The predicted molar refractivity (Wildman–Crippen MR) is 66.6 cm³/mol. The maximum absolute atomic E-state index is 13.7. The zero-order chi connectivity index (χ0) is 13.1. The van der Waals surface area contributed by atoms with Gasteiger partial charge < -0.3 is 5.73 Å². The predicted octanol–water partition coefficient (Wildman–Crippen LogP) is 1.20. The topological polar surface area (TPSA) is 60.9 Å². The summed E-state index contributed by atoms with van der Waals surface area (Å²) in [5, 5.41) is 0. The molecule has 0 saturated carbocycles. The van der Waals surface area contributed by atoms with E-state index < -0.39 is 0 Å². The normalized spacial score (nSPS) is 10.6. The first kappa shape index (κ1) is 12.4. The van der Waals surface area contributed by atoms with Crippen molar-refractivity contribution in [2.45, 2.75) is 20.0 Å². The van der Waals surface area contributed by atoms with Crippen molar-refractivity contribution in [2.75, 3.05) is 0 Å². The quantitative estimate of drug-likeness (QED) is 0.886. The lowest BCUT2D eigenvalue weighted by atomic mass is 10.1. The van der Waals surface area contributed by atoms with Crippen LogP contribution >= 0.6 is 0 Å². The summed E-state index contributed by atoms with van der Waals surface area (Å²) in [6.07, 6.45) is 1.61. The first-order valence-corrected chi connectivity index (χ1v) is 5.61. The second kappa shape index (κ2) is 5.10. The van der Waals surface area contributed by atoms with Gasteiger partial charge >= 0.3 is 5.69 Å². The highest BCUT2D eigenvalue weighted by Crippen LogP contribution is 2.11. The number of hydrogen-bond acceptors (Lipinski definition) is 3. The SMILES string of the molecule is Cc1ccn(Cc2ccc(CN)cc2F)c(=O)n1. The van der Waals surface area contributed by atoms with Gasteiger partial charge in [-0.2, -0.15) is 4.98 Å². The summed E-state index contributed by atoms with van der Waals surface area (Å²) in [4.78, 5) is 15.4. The van der Waals surface area contributed by atoms with Crippen LogP contribution in [0.4, 0.5) is 4.39 Å². The molecule has 2 aromatic rings. The monoisotopic (exact) mass is 247 g/mol. The maximum Gasteiger partial charge on any atom is 0.348 e. The minimum atomic E-state index is -0.377. The lowest BCUT2D eigenvalue weighted by Gasteiger charge is -2.07. The van der Waals surface area contributed by atoms with Crippen LogP contribution in [0.1, 0.15) is 16.8 Å². The molecule has 18 heavy (non-hydrogen) atoms. The lowest BCUT2D eigenvalue weighted by Crippen LogP contribution is -2.23. The van der Waals surface area contributed by atoms with Crippen molar-refractivity contribution in [1.29, 1.82) is 0 Å². The molecule has 0 atom stereocenters. The molecular weight excluding hydrogens is 233 g/mol. The lowest BCUT2D eigenvalue weighted by molar-refractivity contribution is 0.590. The van der Waals surface area contributed by atoms with Crippen LogP contribution in [0.25, 0.3) is 0 Å². The van der Waals surface area contributed by atoms with Crippen molar-refractivity contribution in [2.24, 2.45) is 5.73 Å². The van der Waals surface area contributed by atoms with E-state index in [1.165, 1.54) is 10.6 Å². The first-order valence-electron chi connectivity index (χ1n) is 5.61. The number of nitrogens with zero attached hydrogens (tertiary/aromatic N) is 2. The van der Waals surface area contributed by atoms with Crippen molar-refractivity contribution in [3.8, 4) is 0 Å². The highest BCUT2D eigenvalue weighted by atomic mass is 19.1. The van der Waals surface area contributed by atoms with E-state index >= 15 is 0 Å². The number of hydrogen-bond donors (Lipinski definition) is 1. The molecule has 0 saturated heterocycles. The van der Waals surface area contributed by atoms with Gasteiger partial charge in [0.15, 0.2) is 0 Å². The third-order valence-electron chi connectivity index (χ3n) is 2.71. The number of aromatic nitrogens is 2. The zero-order valence-electron chi connectivity index (χ0n) is 10.1. The Morgan fingerprint density at radius 2 is 2.17 bits per heavy atom. The molecule has 0 aliphatic carbocycles. The minimum absolute atomic E-state index is 0.169. The molecule has 5 heteroatoms. The van der Waals surface area contributed by atoms with Gasteiger partial charge in [-0.1, -0.05) is 12.1 Å². The first-order chi connectivity index (χ1) is 8.60. The van der Waals surface area contributed by atoms with E-state index in [0.717, 1.165) is 5.56 Å². The fourth-order valence-corrected chi connectivity index (χ4v) is 1.66. The Hall–Kier alpha value is -2.01. The van der Waals surface area contributed by atoms with Gasteiger partial charge in [0.25, 0.3) is 0 Å². The van der Waals surface area contributed by atoms with E-state index in [4.69, 9.17) is 5.73 Å². The Labute approximate surface area is 104 Å². The van der Waals surface area contributed by atoms with Crippen molar-refractivity contribution >= 4 is 0 Å². The fraction of sp³-hybridized carbons (Fsp3) is 0.231. The number of nitrogens with two attached hydrogens (primary N) is 1. The molecule has 1 heterocycles. The molecule has 0 amide bonds. The maximum atomic E-state index is 13.7. The number of aryl methyl sites for hydroxylation is 1. The van der Waals surface area contributed by atoms with Gasteiger partial charge in [0, 0.05) is 24.0 Å². The van der Waals surface area contributed by atoms with Crippen LogP contribution in [0.2, 0.25) is 0 Å². The third-order valence-corrected chi connectivity index (χ3v) is 2.71. The van der Waals surface area contributed by atoms with Gasteiger partial charge in [0.05, 0.1) is 6.54 Å². The smallest absolute Gasteiger partial charge is 0.326 e. The largest absolute Gasteiger partial charge is 0.348 e. The minimum Gasteiger partial charge on any atom is -0.326 e. The van der Waals surface area contributed by atoms with Crippen molar-refractivity contribution in [3.63, 3.8) is 0 Å². The average molecular weight is 247 g/mol. The Bertz CT molecular complexity index is 622. The Balaban J connectivity index is 2.31. The highest BCUT2D eigenvalue weighted by Gasteiger charge is 2.05. The molecule has 0 aliphatic rings. The van der Waals surface area contributed by atoms with Crippen LogP contribution in [-0.2, 0) is 13.1 Å². The average Bonchev–Trinajstić information content (AvgIpc) is 2.34. The van der Waals surface area contributed by atoms with E-state index in [1.54, 1.807) is 31.3 Å². The summed E-state index contributed by atoms with van der Waals surface area (Å²) in [5.74, 6) is -0.356. The van der Waals surface area contributed by atoms with E-state index in [0.29, 0.717) is 17.8 Å². The molecule has 0 spiro atoms. The Kier molecular flexibility index (Phi) is 3.53. The van der Waals surface area contributed by atoms with Crippen LogP contribution in [0, 0.1) is 12.7 Å². The summed E-state index contributed by atoms with van der Waals surface area (Å²) in [6, 6.07) is 6.50. The summed E-state index contributed by atoms with van der Waals surface area (Å²) in [7, 11) is 0. The van der Waals surface area contributed by atoms with E-state index in [1.807, 2.05) is 0 Å². The van der Waals surface area contributed by atoms with Crippen molar-refractivity contribution in [1.82, 2.24) is 9.55 Å². The van der Waals surface area contributed by atoms with Gasteiger partial charge in [-0.15, -0.1) is 0 Å². The summed E-state index contributed by atoms with van der Waals surface area (Å²) in [6.45, 7) is 2.20. The Morgan fingerprint density at radius 1 is 1.39 bits per heavy atom. The van der Waals surface area contributed by atoms with Gasteiger partial charge in [-0.05, 0) is 24.6 Å². The molecule has 2 rings (SSSR count). The zero-order valence-corrected chi connectivity index (χ0v) is 10.1. The molecule has 94 valence electrons. The Morgan fingerprint density at radius 3 is 2.78 bits per heavy atom. The molecule has 0 radical (unpaired) electrons. The summed E-state index contributed by atoms with van der Waals surface area (Å²) in [5.41, 5.74) is 6.87. The van der Waals surface area contributed by atoms with Crippen molar-refractivity contribution < 1.29 is 4.39 Å².